The fourth-order valence-corrected chi connectivity index (χ4v) is 0.166. The van der Waals surface area contributed by atoms with E-state index in [2.05, 4.69) is 11.4 Å². The van der Waals surface area contributed by atoms with Crippen LogP contribution in [0.25, 0.3) is 0 Å². The van der Waals surface area contributed by atoms with Crippen molar-refractivity contribution in [1.29, 1.82) is 0 Å². The molecule has 0 saturated carbocycles. The Kier molecular flexibility index (Phi) is 2.78. The van der Waals surface area contributed by atoms with Crippen molar-refractivity contribution in [3.8, 4) is 12.5 Å². The Bertz CT molecular complexity index is 104. The lowest BCUT2D eigenvalue weighted by molar-refractivity contribution is -0.461. The first-order valence-electron chi connectivity index (χ1n) is 1.98. The van der Waals surface area contributed by atoms with Gasteiger partial charge in [0, 0.05) is 0 Å². The summed E-state index contributed by atoms with van der Waals surface area (Å²) in [4.78, 5) is 0. The summed E-state index contributed by atoms with van der Waals surface area (Å²) in [6, 6.07) is 2.25. The van der Waals surface area contributed by atoms with E-state index in [0.29, 0.717) is 0 Å². The molecule has 0 radical (unpaired) electrons. The second kappa shape index (κ2) is 3.23. The summed E-state index contributed by atoms with van der Waals surface area (Å²) in [5.74, 6) is 0. The standard InChI is InChI=1S/C5H8N2/c1-4-6-5-7(2)3/h1,5H,2-3H3/p+1. The van der Waals surface area contributed by atoms with Crippen molar-refractivity contribution in [2.24, 2.45) is 0 Å². The van der Waals surface area contributed by atoms with E-state index in [1.807, 2.05) is 18.7 Å². The number of hydrogen-bond acceptors (Lipinski definition) is 0. The van der Waals surface area contributed by atoms with E-state index in [4.69, 9.17) is 6.42 Å². The van der Waals surface area contributed by atoms with Crippen molar-refractivity contribution in [3.63, 3.8) is 0 Å². The van der Waals surface area contributed by atoms with E-state index in [1.165, 1.54) is 0 Å². The molecule has 38 valence electrons. The van der Waals surface area contributed by atoms with Crippen LogP contribution < -0.4 is 5.32 Å². The molecule has 0 fully saturated rings. The third kappa shape index (κ3) is 5.03. The Morgan fingerprint density at radius 2 is 2.29 bits per heavy atom. The number of nitrogens with zero attached hydrogens (tertiary/aromatic N) is 1. The molecule has 0 amide bonds. The van der Waals surface area contributed by atoms with Gasteiger partial charge in [0.05, 0.1) is 14.1 Å². The predicted octanol–water partition coefficient (Wildman–Crippen LogP) is -0.533. The lowest BCUT2D eigenvalue weighted by atomic mass is 11.0. The van der Waals surface area contributed by atoms with Gasteiger partial charge >= 0.3 is 0 Å². The van der Waals surface area contributed by atoms with Crippen molar-refractivity contribution in [2.75, 3.05) is 14.1 Å². The number of hydrogen-bond donors (Lipinski definition) is 1. The molecule has 0 aromatic rings. The normalized spacial score (nSPS) is 6.43. The molecule has 0 unspecified atom stereocenters. The van der Waals surface area contributed by atoms with Crippen molar-refractivity contribution < 1.29 is 4.58 Å². The molecule has 0 spiro atoms. The predicted molar refractivity (Wildman–Crippen MR) is 30.1 cm³/mol. The molecule has 0 atom stereocenters. The van der Waals surface area contributed by atoms with Crippen LogP contribution in [0.5, 0.6) is 0 Å². The van der Waals surface area contributed by atoms with Crippen molar-refractivity contribution in [3.05, 3.63) is 0 Å². The van der Waals surface area contributed by atoms with Gasteiger partial charge < -0.3 is 0 Å². The molecule has 0 heterocycles. The third-order valence-corrected chi connectivity index (χ3v) is 0.406. The molecule has 2 heteroatoms. The topological polar surface area (TPSA) is 15.0 Å². The highest BCUT2D eigenvalue weighted by Gasteiger charge is 1.72. The summed E-state index contributed by atoms with van der Waals surface area (Å²) in [7, 11) is 3.79. The van der Waals surface area contributed by atoms with E-state index in [1.54, 1.807) is 6.34 Å². The van der Waals surface area contributed by atoms with Gasteiger partial charge in [0.2, 0.25) is 6.34 Å². The van der Waals surface area contributed by atoms with Crippen LogP contribution in [0.15, 0.2) is 0 Å². The highest BCUT2D eigenvalue weighted by Crippen LogP contribution is 1.43. The van der Waals surface area contributed by atoms with Crippen LogP contribution in [0, 0.1) is 12.5 Å². The van der Waals surface area contributed by atoms with Crippen LogP contribution in [0.1, 0.15) is 0 Å². The lowest BCUT2D eigenvalue weighted by Gasteiger charge is -1.80. The lowest BCUT2D eigenvalue weighted by Crippen LogP contribution is -2.11. The second-order valence-corrected chi connectivity index (χ2v) is 1.38. The van der Waals surface area contributed by atoms with Gasteiger partial charge in [0.15, 0.2) is 0 Å². The Morgan fingerprint density at radius 3 is 2.43 bits per heavy atom. The summed E-state index contributed by atoms with van der Waals surface area (Å²) in [5, 5.41) is 2.58. The monoisotopic (exact) mass is 97.1 g/mol. The van der Waals surface area contributed by atoms with Crippen LogP contribution in [-0.2, 0) is 0 Å². The summed E-state index contributed by atoms with van der Waals surface area (Å²) >= 11 is 0. The summed E-state index contributed by atoms with van der Waals surface area (Å²) < 4.78 is 1.83. The number of nitrogens with one attached hydrogen (secondary N) is 1. The molecule has 1 N–H and O–H groups in total. The van der Waals surface area contributed by atoms with Crippen molar-refractivity contribution in [2.45, 2.75) is 0 Å². The molecule has 0 aromatic carbocycles. The quantitative estimate of drug-likeness (QED) is 0.153. The van der Waals surface area contributed by atoms with Gasteiger partial charge in [-0.25, -0.2) is 5.32 Å². The van der Waals surface area contributed by atoms with Crippen molar-refractivity contribution in [1.82, 2.24) is 5.32 Å². The number of terminal acetylenes is 1. The van der Waals surface area contributed by atoms with Gasteiger partial charge in [-0.1, -0.05) is 6.42 Å². The molecule has 0 aromatic heterocycles. The van der Waals surface area contributed by atoms with E-state index < -0.39 is 0 Å². The first-order chi connectivity index (χ1) is 3.27. The summed E-state index contributed by atoms with van der Waals surface area (Å²) in [5.41, 5.74) is 0. The molecule has 0 rings (SSSR count). The highest BCUT2D eigenvalue weighted by atomic mass is 15.0. The Morgan fingerprint density at radius 1 is 1.71 bits per heavy atom. The molecule has 7 heavy (non-hydrogen) atoms. The molecule has 2 nitrogen and oxygen atoms in total. The zero-order valence-corrected chi connectivity index (χ0v) is 4.60. The Hall–Kier alpha value is -0.970. The smallest absolute Gasteiger partial charge is 0.244 e. The molecule has 0 aliphatic heterocycles. The van der Waals surface area contributed by atoms with Crippen molar-refractivity contribution >= 4 is 6.34 Å². The van der Waals surface area contributed by atoms with Gasteiger partial charge in [-0.3, -0.25) is 4.58 Å². The average molecular weight is 97.1 g/mol. The molecule has 0 aliphatic carbocycles. The maximum atomic E-state index is 4.86. The zero-order chi connectivity index (χ0) is 5.70. The van der Waals surface area contributed by atoms with E-state index >= 15 is 0 Å². The average Bonchev–Trinajstić information content (AvgIpc) is 1.61. The minimum atomic E-state index is 1.69. The first-order valence-corrected chi connectivity index (χ1v) is 1.98. The maximum Gasteiger partial charge on any atom is 0.244 e. The van der Waals surface area contributed by atoms with Gasteiger partial charge in [-0.05, 0) is 0 Å². The number of rotatable bonds is 1. The van der Waals surface area contributed by atoms with Gasteiger partial charge in [-0.15, -0.1) is 0 Å². The molecular formula is C5H9N2+. The van der Waals surface area contributed by atoms with Gasteiger partial charge in [0.1, 0.15) is 6.04 Å². The first kappa shape index (κ1) is 6.03. The summed E-state index contributed by atoms with van der Waals surface area (Å²) in [6.07, 6.45) is 6.55. The van der Waals surface area contributed by atoms with E-state index in [9.17, 15) is 0 Å². The second-order valence-electron chi connectivity index (χ2n) is 1.38. The minimum Gasteiger partial charge on any atom is -0.273 e. The van der Waals surface area contributed by atoms with Gasteiger partial charge in [0.25, 0.3) is 0 Å². The van der Waals surface area contributed by atoms with E-state index in [0.717, 1.165) is 0 Å². The molecular weight excluding hydrogens is 88.1 g/mol. The summed E-state index contributed by atoms with van der Waals surface area (Å²) in [6.45, 7) is 0. The van der Waals surface area contributed by atoms with Crippen LogP contribution in [0.2, 0.25) is 0 Å². The largest absolute Gasteiger partial charge is 0.273 e. The SMILES string of the molecule is C#CNC=[N+](C)C. The fourth-order valence-electron chi connectivity index (χ4n) is 0.166. The Labute approximate surface area is 43.9 Å². The van der Waals surface area contributed by atoms with E-state index in [-0.39, 0.29) is 0 Å². The fraction of sp³-hybridized carbons (Fsp3) is 0.400. The van der Waals surface area contributed by atoms with Gasteiger partial charge in [-0.2, -0.15) is 0 Å². The highest BCUT2D eigenvalue weighted by molar-refractivity contribution is 5.50. The van der Waals surface area contributed by atoms with Crippen LogP contribution in [-0.4, -0.2) is 25.0 Å². The molecule has 0 saturated heterocycles. The third-order valence-electron chi connectivity index (χ3n) is 0.406. The molecule has 0 bridgehead atoms. The van der Waals surface area contributed by atoms with Crippen LogP contribution in [0.4, 0.5) is 0 Å². The zero-order valence-electron chi connectivity index (χ0n) is 4.60. The van der Waals surface area contributed by atoms with Crippen LogP contribution in [0.3, 0.4) is 0 Å². The minimum absolute atomic E-state index is 1.69. The maximum absolute atomic E-state index is 4.86. The Balaban J connectivity index is 3.32. The van der Waals surface area contributed by atoms with Crippen LogP contribution >= 0.6 is 0 Å². The molecule has 0 aliphatic rings.